The zero-order valence-electron chi connectivity index (χ0n) is 12.7. The molecule has 1 heterocycles. The molecule has 0 spiro atoms. The largest absolute Gasteiger partial charge is 0.415 e. The van der Waals surface area contributed by atoms with Crippen molar-refractivity contribution in [3.8, 4) is 5.75 Å². The fraction of sp³-hybridized carbons (Fsp3) is 0.562. The van der Waals surface area contributed by atoms with Crippen molar-refractivity contribution < 1.29 is 18.3 Å². The quantitative estimate of drug-likeness (QED) is 0.775. The van der Waals surface area contributed by atoms with Crippen LogP contribution in [-0.4, -0.2) is 24.1 Å². The van der Waals surface area contributed by atoms with Gasteiger partial charge in [0.2, 0.25) is 0 Å². The molecule has 0 aliphatic carbocycles. The van der Waals surface area contributed by atoms with Crippen molar-refractivity contribution in [2.45, 2.75) is 45.4 Å². The molecule has 1 aromatic rings. The average Bonchev–Trinajstić information content (AvgIpc) is 2.37. The number of amides is 1. The molecule has 116 valence electrons. The first-order valence-corrected chi connectivity index (χ1v) is 7.25. The lowest BCUT2D eigenvalue weighted by Gasteiger charge is -2.26. The number of carbonyl (C=O) groups excluding carboxylic acids is 1. The minimum Gasteiger partial charge on any atom is -0.410 e. The fourth-order valence-corrected chi connectivity index (χ4v) is 2.57. The van der Waals surface area contributed by atoms with Gasteiger partial charge in [-0.3, -0.25) is 0 Å². The SMILES string of the molecule is CC(C)(C)c1c(F)cc(OC(=O)N2CCCCC2)cc1F. The number of carbonyl (C=O) groups is 1. The Balaban J connectivity index is 2.16. The van der Waals surface area contributed by atoms with Gasteiger partial charge in [-0.15, -0.1) is 0 Å². The maximum absolute atomic E-state index is 14.1. The minimum absolute atomic E-state index is 0.000251. The molecule has 1 aromatic carbocycles. The van der Waals surface area contributed by atoms with Crippen LogP contribution in [0.1, 0.15) is 45.6 Å². The van der Waals surface area contributed by atoms with E-state index in [1.54, 1.807) is 25.7 Å². The van der Waals surface area contributed by atoms with E-state index in [1.165, 1.54) is 0 Å². The Kier molecular flexibility index (Phi) is 4.49. The van der Waals surface area contributed by atoms with Crippen molar-refractivity contribution >= 4 is 6.09 Å². The van der Waals surface area contributed by atoms with Gasteiger partial charge in [0.1, 0.15) is 17.4 Å². The molecule has 2 rings (SSSR count). The zero-order chi connectivity index (χ0) is 15.6. The second kappa shape index (κ2) is 6.00. The third kappa shape index (κ3) is 3.71. The maximum Gasteiger partial charge on any atom is 0.415 e. The van der Waals surface area contributed by atoms with Gasteiger partial charge in [-0.2, -0.15) is 0 Å². The van der Waals surface area contributed by atoms with Gasteiger partial charge in [0.15, 0.2) is 0 Å². The Bertz CT molecular complexity index is 509. The van der Waals surface area contributed by atoms with Crippen LogP contribution in [0.15, 0.2) is 12.1 Å². The highest BCUT2D eigenvalue weighted by Gasteiger charge is 2.25. The van der Waals surface area contributed by atoms with Gasteiger partial charge in [0.25, 0.3) is 0 Å². The van der Waals surface area contributed by atoms with Crippen LogP contribution in [0.2, 0.25) is 0 Å². The molecule has 1 fully saturated rings. The molecule has 0 aromatic heterocycles. The summed E-state index contributed by atoms with van der Waals surface area (Å²) < 4.78 is 33.2. The van der Waals surface area contributed by atoms with E-state index >= 15 is 0 Å². The molecule has 1 aliphatic rings. The van der Waals surface area contributed by atoms with Crippen molar-refractivity contribution in [2.75, 3.05) is 13.1 Å². The number of nitrogens with zero attached hydrogens (tertiary/aromatic N) is 1. The van der Waals surface area contributed by atoms with Gasteiger partial charge in [-0.25, -0.2) is 13.6 Å². The highest BCUT2D eigenvalue weighted by atomic mass is 19.1. The summed E-state index contributed by atoms with van der Waals surface area (Å²) in [7, 11) is 0. The third-order valence-corrected chi connectivity index (χ3v) is 3.59. The smallest absolute Gasteiger partial charge is 0.410 e. The van der Waals surface area contributed by atoms with E-state index in [9.17, 15) is 13.6 Å². The number of hydrogen-bond donors (Lipinski definition) is 0. The van der Waals surface area contributed by atoms with Crippen LogP contribution in [0.4, 0.5) is 13.6 Å². The van der Waals surface area contributed by atoms with Crippen LogP contribution < -0.4 is 4.74 Å². The van der Waals surface area contributed by atoms with Gasteiger partial charge in [0.05, 0.1) is 0 Å². The number of rotatable bonds is 1. The maximum atomic E-state index is 14.1. The third-order valence-electron chi connectivity index (χ3n) is 3.59. The molecule has 0 bridgehead atoms. The van der Waals surface area contributed by atoms with Crippen LogP contribution in [-0.2, 0) is 5.41 Å². The molecular formula is C16H21F2NO2. The van der Waals surface area contributed by atoms with E-state index < -0.39 is 23.1 Å². The summed E-state index contributed by atoms with van der Waals surface area (Å²) in [6.45, 7) is 6.45. The summed E-state index contributed by atoms with van der Waals surface area (Å²) >= 11 is 0. The van der Waals surface area contributed by atoms with Crippen LogP contribution in [0, 0.1) is 11.6 Å². The van der Waals surface area contributed by atoms with Gasteiger partial charge in [0, 0.05) is 30.8 Å². The predicted molar refractivity (Wildman–Crippen MR) is 76.5 cm³/mol. The fourth-order valence-electron chi connectivity index (χ4n) is 2.57. The average molecular weight is 297 g/mol. The van der Waals surface area contributed by atoms with Crippen molar-refractivity contribution in [1.82, 2.24) is 4.90 Å². The summed E-state index contributed by atoms with van der Waals surface area (Å²) in [6, 6.07) is 2.15. The van der Waals surface area contributed by atoms with Gasteiger partial charge in [-0.05, 0) is 24.7 Å². The summed E-state index contributed by atoms with van der Waals surface area (Å²) in [5.74, 6) is -1.47. The zero-order valence-corrected chi connectivity index (χ0v) is 12.7. The van der Waals surface area contributed by atoms with E-state index in [2.05, 4.69) is 0 Å². The molecule has 0 radical (unpaired) electrons. The van der Waals surface area contributed by atoms with Crippen LogP contribution >= 0.6 is 0 Å². The molecule has 0 N–H and O–H groups in total. The topological polar surface area (TPSA) is 29.5 Å². The standard InChI is InChI=1S/C16H21F2NO2/c1-16(2,3)14-12(17)9-11(10-13(14)18)21-15(20)19-7-5-4-6-8-19/h9-10H,4-8H2,1-3H3. The van der Waals surface area contributed by atoms with Crippen LogP contribution in [0.3, 0.4) is 0 Å². The number of likely N-dealkylation sites (tertiary alicyclic amines) is 1. The Labute approximate surface area is 123 Å². The van der Waals surface area contributed by atoms with E-state index in [1.807, 2.05) is 0 Å². The molecule has 5 heteroatoms. The summed E-state index contributed by atoms with van der Waals surface area (Å²) in [5, 5.41) is 0. The molecule has 21 heavy (non-hydrogen) atoms. The molecule has 0 unspecified atom stereocenters. The summed E-state index contributed by atoms with van der Waals surface area (Å²) in [5.41, 5.74) is -0.649. The lowest BCUT2D eigenvalue weighted by molar-refractivity contribution is 0.142. The highest BCUT2D eigenvalue weighted by Crippen LogP contribution is 2.31. The van der Waals surface area contributed by atoms with Crippen molar-refractivity contribution in [3.05, 3.63) is 29.3 Å². The second-order valence-electron chi connectivity index (χ2n) is 6.43. The molecule has 1 saturated heterocycles. The van der Waals surface area contributed by atoms with Crippen LogP contribution in [0.5, 0.6) is 5.75 Å². The van der Waals surface area contributed by atoms with E-state index in [0.29, 0.717) is 13.1 Å². The van der Waals surface area contributed by atoms with Crippen molar-refractivity contribution in [3.63, 3.8) is 0 Å². The molecule has 0 saturated carbocycles. The van der Waals surface area contributed by atoms with Gasteiger partial charge < -0.3 is 9.64 Å². The molecule has 3 nitrogen and oxygen atoms in total. The highest BCUT2D eigenvalue weighted by molar-refractivity contribution is 5.70. The van der Waals surface area contributed by atoms with E-state index in [-0.39, 0.29) is 11.3 Å². The molecule has 0 atom stereocenters. The first-order chi connectivity index (χ1) is 9.79. The normalized spacial score (nSPS) is 16.0. The van der Waals surface area contributed by atoms with Crippen molar-refractivity contribution in [2.24, 2.45) is 0 Å². The van der Waals surface area contributed by atoms with E-state index in [4.69, 9.17) is 4.74 Å². The van der Waals surface area contributed by atoms with Gasteiger partial charge in [-0.1, -0.05) is 20.8 Å². The van der Waals surface area contributed by atoms with Crippen molar-refractivity contribution in [1.29, 1.82) is 0 Å². The molecule has 1 amide bonds. The monoisotopic (exact) mass is 297 g/mol. The Morgan fingerprint density at radius 1 is 1.10 bits per heavy atom. The van der Waals surface area contributed by atoms with Gasteiger partial charge >= 0.3 is 6.09 Å². The molecular weight excluding hydrogens is 276 g/mol. The number of benzene rings is 1. The Morgan fingerprint density at radius 3 is 2.10 bits per heavy atom. The number of halogens is 2. The Morgan fingerprint density at radius 2 is 1.62 bits per heavy atom. The summed E-state index contributed by atoms with van der Waals surface area (Å²) in [4.78, 5) is 13.5. The van der Waals surface area contributed by atoms with Crippen LogP contribution in [0.25, 0.3) is 0 Å². The lowest BCUT2D eigenvalue weighted by Crippen LogP contribution is -2.37. The first kappa shape index (κ1) is 15.7. The molecule has 1 aliphatic heterocycles. The second-order valence-corrected chi connectivity index (χ2v) is 6.43. The summed E-state index contributed by atoms with van der Waals surface area (Å²) in [6.07, 6.45) is 2.41. The lowest BCUT2D eigenvalue weighted by atomic mass is 9.86. The number of ether oxygens (including phenoxy) is 1. The first-order valence-electron chi connectivity index (χ1n) is 7.25. The number of piperidine rings is 1. The van der Waals surface area contributed by atoms with E-state index in [0.717, 1.165) is 31.4 Å². The predicted octanol–water partition coefficient (Wildman–Crippen LogP) is 4.25. The Hall–Kier alpha value is -1.65. The minimum atomic E-state index is -0.691. The number of hydrogen-bond acceptors (Lipinski definition) is 2.